The number of hydrogen-bond donors (Lipinski definition) is 1. The lowest BCUT2D eigenvalue weighted by Gasteiger charge is -2.03. The fraction of sp³-hybridized carbons (Fsp3) is 0.222. The number of benzene rings is 1. The standard InChI is InChI=1S/C9H10OS/c1-7-3-2-4-9(10)8(7)5-6-11/h2-4,6,10H,5H2,1H3. The predicted molar refractivity (Wildman–Crippen MR) is 50.2 cm³/mol. The molecule has 0 saturated heterocycles. The van der Waals surface area contributed by atoms with Crippen LogP contribution in [0.4, 0.5) is 0 Å². The van der Waals surface area contributed by atoms with Crippen LogP contribution < -0.4 is 0 Å². The van der Waals surface area contributed by atoms with E-state index in [1.807, 2.05) is 19.1 Å². The molecular weight excluding hydrogens is 156 g/mol. The van der Waals surface area contributed by atoms with Gasteiger partial charge in [-0.05, 0) is 23.9 Å². The van der Waals surface area contributed by atoms with Gasteiger partial charge in [-0.1, -0.05) is 24.4 Å². The number of thiocarbonyl (C=S) groups is 1. The fourth-order valence-electron chi connectivity index (χ4n) is 1.04. The number of hydrogen-bond acceptors (Lipinski definition) is 2. The topological polar surface area (TPSA) is 20.2 Å². The highest BCUT2D eigenvalue weighted by Crippen LogP contribution is 2.19. The van der Waals surface area contributed by atoms with Crippen LogP contribution in [0.25, 0.3) is 0 Å². The van der Waals surface area contributed by atoms with Crippen molar-refractivity contribution in [3.05, 3.63) is 29.3 Å². The SMILES string of the molecule is Cc1cccc(O)c1CC=S. The minimum atomic E-state index is 0.339. The Bertz CT molecular complexity index is 248. The molecule has 1 N–H and O–H groups in total. The summed E-state index contributed by atoms with van der Waals surface area (Å²) in [5.74, 6) is 0.339. The summed E-state index contributed by atoms with van der Waals surface area (Å²) in [5, 5.41) is 11.0. The number of phenolic OH excluding ortho intramolecular Hbond substituents is 1. The van der Waals surface area contributed by atoms with Crippen molar-refractivity contribution >= 4 is 17.6 Å². The summed E-state index contributed by atoms with van der Waals surface area (Å²) < 4.78 is 0. The van der Waals surface area contributed by atoms with Gasteiger partial charge in [0.15, 0.2) is 0 Å². The van der Waals surface area contributed by atoms with Gasteiger partial charge >= 0.3 is 0 Å². The van der Waals surface area contributed by atoms with E-state index in [2.05, 4.69) is 0 Å². The first-order chi connectivity index (χ1) is 5.25. The highest BCUT2D eigenvalue weighted by Gasteiger charge is 2.00. The van der Waals surface area contributed by atoms with Crippen molar-refractivity contribution in [3.8, 4) is 5.75 Å². The second kappa shape index (κ2) is 3.49. The van der Waals surface area contributed by atoms with Gasteiger partial charge in [0, 0.05) is 12.0 Å². The molecule has 1 nitrogen and oxygen atoms in total. The van der Waals surface area contributed by atoms with Gasteiger partial charge in [-0.15, -0.1) is 0 Å². The van der Waals surface area contributed by atoms with Crippen LogP contribution in [-0.2, 0) is 6.42 Å². The Labute approximate surface area is 71.7 Å². The zero-order valence-corrected chi connectivity index (χ0v) is 7.19. The first-order valence-electron chi connectivity index (χ1n) is 3.47. The average Bonchev–Trinajstić information content (AvgIpc) is 1.97. The maximum Gasteiger partial charge on any atom is 0.119 e. The summed E-state index contributed by atoms with van der Waals surface area (Å²) in [4.78, 5) is 0. The van der Waals surface area contributed by atoms with Crippen molar-refractivity contribution in [3.63, 3.8) is 0 Å². The molecule has 0 heterocycles. The van der Waals surface area contributed by atoms with E-state index in [1.54, 1.807) is 11.4 Å². The van der Waals surface area contributed by atoms with Gasteiger partial charge in [0.1, 0.15) is 5.75 Å². The summed E-state index contributed by atoms with van der Waals surface area (Å²) >= 11 is 4.72. The van der Waals surface area contributed by atoms with E-state index in [0.29, 0.717) is 12.2 Å². The van der Waals surface area contributed by atoms with E-state index >= 15 is 0 Å². The Hall–Kier alpha value is -0.890. The zero-order chi connectivity index (χ0) is 8.27. The molecule has 1 rings (SSSR count). The van der Waals surface area contributed by atoms with Gasteiger partial charge < -0.3 is 5.11 Å². The molecule has 0 aliphatic heterocycles. The van der Waals surface area contributed by atoms with E-state index in [4.69, 9.17) is 12.2 Å². The van der Waals surface area contributed by atoms with Crippen LogP contribution in [0, 0.1) is 6.92 Å². The zero-order valence-electron chi connectivity index (χ0n) is 6.37. The van der Waals surface area contributed by atoms with E-state index in [0.717, 1.165) is 11.1 Å². The number of aryl methyl sites for hydroxylation is 1. The van der Waals surface area contributed by atoms with Crippen LogP contribution in [0.15, 0.2) is 18.2 Å². The summed E-state index contributed by atoms with van der Waals surface area (Å²) in [6, 6.07) is 5.48. The lowest BCUT2D eigenvalue weighted by Crippen LogP contribution is -1.89. The molecule has 0 saturated carbocycles. The maximum atomic E-state index is 9.36. The normalized spacial score (nSPS) is 9.55. The third-order valence-electron chi connectivity index (χ3n) is 1.67. The molecule has 0 radical (unpaired) electrons. The van der Waals surface area contributed by atoms with Crippen molar-refractivity contribution < 1.29 is 5.11 Å². The molecule has 1 aromatic carbocycles. The Morgan fingerprint density at radius 2 is 2.27 bits per heavy atom. The molecule has 0 unspecified atom stereocenters. The van der Waals surface area contributed by atoms with Crippen LogP contribution in [0.5, 0.6) is 5.75 Å². The molecule has 0 bridgehead atoms. The third kappa shape index (κ3) is 1.77. The smallest absolute Gasteiger partial charge is 0.119 e. The van der Waals surface area contributed by atoms with Crippen molar-refractivity contribution in [2.24, 2.45) is 0 Å². The first kappa shape index (κ1) is 8.21. The summed E-state index contributed by atoms with van der Waals surface area (Å²) in [5.41, 5.74) is 2.02. The predicted octanol–water partition coefficient (Wildman–Crippen LogP) is 2.24. The molecule has 2 heteroatoms. The van der Waals surface area contributed by atoms with E-state index in [-0.39, 0.29) is 0 Å². The Morgan fingerprint density at radius 1 is 1.55 bits per heavy atom. The lowest BCUT2D eigenvalue weighted by atomic mass is 10.1. The summed E-state index contributed by atoms with van der Waals surface area (Å²) in [7, 11) is 0. The second-order valence-electron chi connectivity index (χ2n) is 2.44. The second-order valence-corrected chi connectivity index (χ2v) is 2.78. The highest BCUT2D eigenvalue weighted by molar-refractivity contribution is 7.78. The largest absolute Gasteiger partial charge is 0.508 e. The van der Waals surface area contributed by atoms with Crippen molar-refractivity contribution in [1.29, 1.82) is 0 Å². The molecule has 0 aliphatic carbocycles. The van der Waals surface area contributed by atoms with Crippen LogP contribution in [0.2, 0.25) is 0 Å². The average molecular weight is 166 g/mol. The van der Waals surface area contributed by atoms with Gasteiger partial charge in [0.05, 0.1) is 0 Å². The molecule has 0 atom stereocenters. The molecule has 0 fully saturated rings. The van der Waals surface area contributed by atoms with Crippen molar-refractivity contribution in [2.75, 3.05) is 0 Å². The third-order valence-corrected chi connectivity index (χ3v) is 1.84. The number of aromatic hydroxyl groups is 1. The van der Waals surface area contributed by atoms with E-state index in [9.17, 15) is 5.11 Å². The quantitative estimate of drug-likeness (QED) is 0.680. The Balaban J connectivity index is 3.09. The minimum absolute atomic E-state index is 0.339. The Kier molecular flexibility index (Phi) is 2.60. The number of phenols is 1. The molecule has 0 amide bonds. The molecule has 0 spiro atoms. The van der Waals surface area contributed by atoms with E-state index in [1.165, 1.54) is 0 Å². The summed E-state index contributed by atoms with van der Waals surface area (Å²) in [6.45, 7) is 1.97. The first-order valence-corrected chi connectivity index (χ1v) is 3.94. The van der Waals surface area contributed by atoms with Gasteiger partial charge in [0.25, 0.3) is 0 Å². The lowest BCUT2D eigenvalue weighted by molar-refractivity contribution is 0.470. The number of rotatable bonds is 2. The van der Waals surface area contributed by atoms with Crippen molar-refractivity contribution in [1.82, 2.24) is 0 Å². The molecule has 58 valence electrons. The monoisotopic (exact) mass is 166 g/mol. The van der Waals surface area contributed by atoms with Gasteiger partial charge in [-0.2, -0.15) is 0 Å². The van der Waals surface area contributed by atoms with Gasteiger partial charge in [0.2, 0.25) is 0 Å². The van der Waals surface area contributed by atoms with Gasteiger partial charge in [-0.3, -0.25) is 0 Å². The molecule has 0 aliphatic rings. The maximum absolute atomic E-state index is 9.36. The molecular formula is C9H10OS. The highest BCUT2D eigenvalue weighted by atomic mass is 32.1. The molecule has 1 aromatic rings. The Morgan fingerprint density at radius 3 is 2.82 bits per heavy atom. The van der Waals surface area contributed by atoms with Crippen LogP contribution in [-0.4, -0.2) is 10.5 Å². The minimum Gasteiger partial charge on any atom is -0.508 e. The van der Waals surface area contributed by atoms with Crippen LogP contribution in [0.1, 0.15) is 11.1 Å². The fourth-order valence-corrected chi connectivity index (χ4v) is 1.20. The van der Waals surface area contributed by atoms with Crippen molar-refractivity contribution in [2.45, 2.75) is 13.3 Å². The van der Waals surface area contributed by atoms with Crippen LogP contribution in [0.3, 0.4) is 0 Å². The van der Waals surface area contributed by atoms with Crippen LogP contribution >= 0.6 is 12.2 Å². The molecule has 0 aromatic heterocycles. The summed E-state index contributed by atoms with van der Waals surface area (Å²) in [6.07, 6.45) is 0.661. The molecule has 11 heavy (non-hydrogen) atoms. The van der Waals surface area contributed by atoms with Gasteiger partial charge in [-0.25, -0.2) is 0 Å². The van der Waals surface area contributed by atoms with E-state index < -0.39 is 0 Å².